The fraction of sp³-hybridized carbons (Fsp3) is 0.194. The summed E-state index contributed by atoms with van der Waals surface area (Å²) >= 11 is 0. The summed E-state index contributed by atoms with van der Waals surface area (Å²) in [7, 11) is 0. The second-order valence-electron chi connectivity index (χ2n) is 9.55. The van der Waals surface area contributed by atoms with Crippen LogP contribution in [-0.2, 0) is 11.0 Å². The molecule has 4 aromatic rings. The molecule has 0 spiro atoms. The fourth-order valence-corrected chi connectivity index (χ4v) is 4.59. The predicted molar refractivity (Wildman–Crippen MR) is 142 cm³/mol. The molecule has 0 radical (unpaired) electrons. The number of ketones is 1. The first kappa shape index (κ1) is 26.8. The Balaban J connectivity index is 1.46. The van der Waals surface area contributed by atoms with E-state index in [1.807, 2.05) is 36.4 Å². The summed E-state index contributed by atoms with van der Waals surface area (Å²) in [6.45, 7) is 1.77. The number of aromatic nitrogens is 2. The number of benzene rings is 2. The number of halogens is 3. The minimum absolute atomic E-state index is 0.0510. The van der Waals surface area contributed by atoms with Crippen molar-refractivity contribution in [3.05, 3.63) is 119 Å². The van der Waals surface area contributed by atoms with Crippen LogP contribution in [0.3, 0.4) is 0 Å². The lowest BCUT2D eigenvalue weighted by Crippen LogP contribution is -2.10. The molecule has 1 aliphatic heterocycles. The summed E-state index contributed by atoms with van der Waals surface area (Å²) in [6, 6.07) is 22.4. The highest BCUT2D eigenvalue weighted by Gasteiger charge is 2.32. The maximum atomic E-state index is 13.5. The number of pyridine rings is 2. The molecule has 2 atom stereocenters. The quantitative estimate of drug-likeness (QED) is 0.230. The molecule has 0 saturated heterocycles. The van der Waals surface area contributed by atoms with E-state index in [0.717, 1.165) is 18.0 Å². The topological polar surface area (TPSA) is 88.2 Å². The molecule has 9 heteroatoms. The minimum atomic E-state index is -4.53. The van der Waals surface area contributed by atoms with E-state index in [4.69, 9.17) is 4.84 Å². The van der Waals surface area contributed by atoms with Gasteiger partial charge in [0, 0.05) is 36.4 Å². The van der Waals surface area contributed by atoms with Gasteiger partial charge in [-0.25, -0.2) is 0 Å². The van der Waals surface area contributed by atoms with Gasteiger partial charge in [-0.3, -0.25) is 14.8 Å². The van der Waals surface area contributed by atoms with Gasteiger partial charge in [0.15, 0.2) is 11.9 Å². The Morgan fingerprint density at radius 3 is 2.52 bits per heavy atom. The molecule has 3 heterocycles. The van der Waals surface area contributed by atoms with Crippen LogP contribution in [0.5, 0.6) is 0 Å². The molecule has 0 amide bonds. The Kier molecular flexibility index (Phi) is 7.43. The maximum Gasteiger partial charge on any atom is 0.433 e. The zero-order chi connectivity index (χ0) is 28.3. The molecule has 200 valence electrons. The number of nitriles is 1. The number of alkyl halides is 3. The Hall–Kier alpha value is -4.84. The van der Waals surface area contributed by atoms with Crippen molar-refractivity contribution in [1.29, 1.82) is 5.26 Å². The molecule has 0 N–H and O–H groups in total. The van der Waals surface area contributed by atoms with Gasteiger partial charge in [0.25, 0.3) is 0 Å². The lowest BCUT2D eigenvalue weighted by Gasteiger charge is -2.14. The summed E-state index contributed by atoms with van der Waals surface area (Å²) < 4.78 is 38.7. The molecule has 0 aliphatic carbocycles. The average Bonchev–Trinajstić information content (AvgIpc) is 3.47. The number of Topliss-reactive ketones (excluding diaryl/α,β-unsaturated/α-hetero) is 1. The lowest BCUT2D eigenvalue weighted by atomic mass is 9.89. The van der Waals surface area contributed by atoms with Crippen LogP contribution in [0.4, 0.5) is 13.2 Å². The second kappa shape index (κ2) is 11.1. The van der Waals surface area contributed by atoms with Crippen molar-refractivity contribution in [3.63, 3.8) is 0 Å². The van der Waals surface area contributed by atoms with E-state index in [1.165, 1.54) is 6.07 Å². The van der Waals surface area contributed by atoms with Crippen LogP contribution >= 0.6 is 0 Å². The number of carbonyl (C=O) groups excluding carboxylic acids is 1. The zero-order valence-electron chi connectivity index (χ0n) is 21.4. The SMILES string of the molecule is C[C@@H](CC(=O)c1cc(C2=NOC(c3ccccn3)C2)cc(-c2ccccc2C#N)c1)c1ccc(C(F)(F)F)nc1. The second-order valence-corrected chi connectivity index (χ2v) is 9.55. The molecule has 1 aliphatic rings. The van der Waals surface area contributed by atoms with Crippen molar-refractivity contribution in [1.82, 2.24) is 9.97 Å². The molecule has 2 aromatic carbocycles. The van der Waals surface area contributed by atoms with Gasteiger partial charge in [0.2, 0.25) is 0 Å². The van der Waals surface area contributed by atoms with Crippen molar-refractivity contribution < 1.29 is 22.8 Å². The van der Waals surface area contributed by atoms with Crippen molar-refractivity contribution in [3.8, 4) is 17.2 Å². The Bertz CT molecular complexity index is 1610. The van der Waals surface area contributed by atoms with E-state index in [9.17, 15) is 23.2 Å². The van der Waals surface area contributed by atoms with Gasteiger partial charge in [-0.1, -0.05) is 42.4 Å². The number of hydrogen-bond donors (Lipinski definition) is 0. The van der Waals surface area contributed by atoms with Crippen LogP contribution in [0.15, 0.2) is 90.3 Å². The summed E-state index contributed by atoms with van der Waals surface area (Å²) in [6.07, 6.45) is -1.56. The van der Waals surface area contributed by atoms with E-state index >= 15 is 0 Å². The first-order valence-electron chi connectivity index (χ1n) is 12.6. The Morgan fingerprint density at radius 2 is 1.82 bits per heavy atom. The largest absolute Gasteiger partial charge is 0.433 e. The molecule has 5 rings (SSSR count). The maximum absolute atomic E-state index is 13.5. The standard InChI is InChI=1S/C31H23F3N4O2/c1-19(21-9-10-30(37-18-21)31(32,33)34)12-28(39)24-14-22(25-7-3-2-6-20(25)17-35)13-23(15-24)27-16-29(40-38-27)26-8-4-5-11-36-26/h2-11,13-15,18-19,29H,12,16H2,1H3/t19-,29?/m0/s1. The number of hydrogen-bond acceptors (Lipinski definition) is 6. The van der Waals surface area contributed by atoms with Crippen molar-refractivity contribution in [2.75, 3.05) is 0 Å². The number of oxime groups is 1. The third-order valence-corrected chi connectivity index (χ3v) is 6.77. The van der Waals surface area contributed by atoms with E-state index < -0.39 is 11.9 Å². The fourth-order valence-electron chi connectivity index (χ4n) is 4.59. The summed E-state index contributed by atoms with van der Waals surface area (Å²) in [5, 5.41) is 13.9. The Morgan fingerprint density at radius 1 is 1.05 bits per heavy atom. The minimum Gasteiger partial charge on any atom is -0.385 e. The van der Waals surface area contributed by atoms with Crippen LogP contribution in [0.25, 0.3) is 11.1 Å². The van der Waals surface area contributed by atoms with Gasteiger partial charge in [0.1, 0.15) is 5.69 Å². The monoisotopic (exact) mass is 540 g/mol. The molecular formula is C31H23F3N4O2. The summed E-state index contributed by atoms with van der Waals surface area (Å²) in [4.78, 5) is 27.0. The molecule has 1 unspecified atom stereocenters. The molecule has 2 aromatic heterocycles. The van der Waals surface area contributed by atoms with E-state index in [-0.39, 0.29) is 24.2 Å². The van der Waals surface area contributed by atoms with Crippen molar-refractivity contribution in [2.45, 2.75) is 38.0 Å². The first-order valence-corrected chi connectivity index (χ1v) is 12.6. The summed E-state index contributed by atoms with van der Waals surface area (Å²) in [5.41, 5.74) is 3.80. The first-order chi connectivity index (χ1) is 19.2. The van der Waals surface area contributed by atoms with E-state index in [0.29, 0.717) is 45.5 Å². The normalized spacial score (nSPS) is 15.6. The number of nitrogens with zero attached hydrogens (tertiary/aromatic N) is 4. The van der Waals surface area contributed by atoms with Gasteiger partial charge in [-0.15, -0.1) is 0 Å². The molecule has 40 heavy (non-hydrogen) atoms. The van der Waals surface area contributed by atoms with Gasteiger partial charge >= 0.3 is 6.18 Å². The van der Waals surface area contributed by atoms with E-state index in [2.05, 4.69) is 21.2 Å². The molecule has 0 bridgehead atoms. The highest BCUT2D eigenvalue weighted by Crippen LogP contribution is 2.33. The van der Waals surface area contributed by atoms with Gasteiger partial charge in [-0.2, -0.15) is 18.4 Å². The van der Waals surface area contributed by atoms with Crippen LogP contribution in [0.2, 0.25) is 0 Å². The number of rotatable bonds is 7. The van der Waals surface area contributed by atoms with E-state index in [1.54, 1.807) is 37.4 Å². The average molecular weight is 541 g/mol. The predicted octanol–water partition coefficient (Wildman–Crippen LogP) is 7.28. The number of carbonyl (C=O) groups is 1. The zero-order valence-corrected chi connectivity index (χ0v) is 21.4. The highest BCUT2D eigenvalue weighted by atomic mass is 19.4. The van der Waals surface area contributed by atoms with Crippen LogP contribution in [-0.4, -0.2) is 21.5 Å². The van der Waals surface area contributed by atoms with Gasteiger partial charge < -0.3 is 4.84 Å². The molecule has 6 nitrogen and oxygen atoms in total. The van der Waals surface area contributed by atoms with Crippen LogP contribution < -0.4 is 0 Å². The summed E-state index contributed by atoms with van der Waals surface area (Å²) in [5.74, 6) is -0.577. The third kappa shape index (κ3) is 5.76. The smallest absolute Gasteiger partial charge is 0.385 e. The van der Waals surface area contributed by atoms with Crippen LogP contribution in [0.1, 0.15) is 70.2 Å². The lowest BCUT2D eigenvalue weighted by molar-refractivity contribution is -0.141. The van der Waals surface area contributed by atoms with Crippen LogP contribution in [0, 0.1) is 11.3 Å². The van der Waals surface area contributed by atoms with Crippen molar-refractivity contribution >= 4 is 11.5 Å². The molecular weight excluding hydrogens is 517 g/mol. The van der Waals surface area contributed by atoms with Crippen molar-refractivity contribution in [2.24, 2.45) is 5.16 Å². The molecule has 0 saturated carbocycles. The van der Waals surface area contributed by atoms with Gasteiger partial charge in [0.05, 0.1) is 23.0 Å². The van der Waals surface area contributed by atoms with Gasteiger partial charge in [-0.05, 0) is 65.1 Å². The molecule has 0 fully saturated rings. The highest BCUT2D eigenvalue weighted by molar-refractivity contribution is 6.06. The third-order valence-electron chi connectivity index (χ3n) is 6.77. The Labute approximate surface area is 228 Å².